The third-order valence-corrected chi connectivity index (χ3v) is 6.05. The number of nitrogens with one attached hydrogen (secondary N) is 2. The van der Waals surface area contributed by atoms with Gasteiger partial charge in [-0.1, -0.05) is 35.2 Å². The van der Waals surface area contributed by atoms with E-state index in [1.54, 1.807) is 23.5 Å². The van der Waals surface area contributed by atoms with E-state index in [0.29, 0.717) is 21.7 Å². The van der Waals surface area contributed by atoms with Gasteiger partial charge in [0.25, 0.3) is 0 Å². The molecule has 5 nitrogen and oxygen atoms in total. The van der Waals surface area contributed by atoms with Gasteiger partial charge in [-0.25, -0.2) is 4.39 Å². The normalized spacial score (nSPS) is 11.9. The van der Waals surface area contributed by atoms with E-state index in [2.05, 4.69) is 20.8 Å². The first kappa shape index (κ1) is 17.8. The molecule has 1 amide bonds. The van der Waals surface area contributed by atoms with E-state index >= 15 is 0 Å². The van der Waals surface area contributed by atoms with E-state index in [-0.39, 0.29) is 17.0 Å². The molecule has 0 radical (unpaired) electrons. The summed E-state index contributed by atoms with van der Waals surface area (Å²) in [5.41, 5.74) is 0.606. The van der Waals surface area contributed by atoms with Gasteiger partial charge in [0, 0.05) is 10.6 Å². The van der Waals surface area contributed by atoms with E-state index in [0.717, 1.165) is 4.88 Å². The summed E-state index contributed by atoms with van der Waals surface area (Å²) < 4.78 is 13.9. The topological polar surface area (TPSA) is 66.9 Å². The van der Waals surface area contributed by atoms with Gasteiger partial charge in [0.1, 0.15) is 5.82 Å². The van der Waals surface area contributed by atoms with Crippen LogP contribution in [0.25, 0.3) is 0 Å². The van der Waals surface area contributed by atoms with Crippen molar-refractivity contribution in [1.82, 2.24) is 15.5 Å². The summed E-state index contributed by atoms with van der Waals surface area (Å²) in [4.78, 5) is 13.3. The Morgan fingerprint density at radius 3 is 2.96 bits per heavy atom. The number of hydrogen-bond acceptors (Lipinski definition) is 7. The smallest absolute Gasteiger partial charge is 0.233 e. The van der Waals surface area contributed by atoms with Crippen molar-refractivity contribution in [2.45, 2.75) is 23.1 Å². The van der Waals surface area contributed by atoms with Gasteiger partial charge >= 0.3 is 0 Å². The summed E-state index contributed by atoms with van der Waals surface area (Å²) in [5, 5.41) is 16.3. The van der Waals surface area contributed by atoms with E-state index in [9.17, 15) is 9.18 Å². The van der Waals surface area contributed by atoms with Gasteiger partial charge in [0.05, 0.1) is 11.8 Å². The van der Waals surface area contributed by atoms with Crippen LogP contribution in [0.3, 0.4) is 0 Å². The van der Waals surface area contributed by atoms with Crippen molar-refractivity contribution in [1.29, 1.82) is 0 Å². The number of thioether (sulfide) groups is 1. The van der Waals surface area contributed by atoms with E-state index < -0.39 is 0 Å². The minimum atomic E-state index is -0.319. The number of rotatable bonds is 7. The second-order valence-corrected chi connectivity index (χ2v) is 8.66. The zero-order valence-electron chi connectivity index (χ0n) is 13.2. The van der Waals surface area contributed by atoms with Gasteiger partial charge in [-0.15, -0.1) is 21.5 Å². The maximum absolute atomic E-state index is 13.2. The van der Waals surface area contributed by atoms with Crippen LogP contribution in [-0.2, 0) is 11.3 Å². The number of aromatic nitrogens is 2. The molecular formula is C16H15FN4OS3. The Bertz CT molecular complexity index is 838. The molecule has 0 unspecified atom stereocenters. The molecule has 0 saturated carbocycles. The van der Waals surface area contributed by atoms with Crippen LogP contribution in [-0.4, -0.2) is 21.4 Å². The Morgan fingerprint density at radius 1 is 1.32 bits per heavy atom. The number of anilines is 2. The molecule has 2 N–H and O–H groups in total. The predicted molar refractivity (Wildman–Crippen MR) is 101 cm³/mol. The summed E-state index contributed by atoms with van der Waals surface area (Å²) in [5.74, 6) is -0.367. The minimum absolute atomic E-state index is 0.0479. The summed E-state index contributed by atoms with van der Waals surface area (Å²) in [7, 11) is 0. The molecule has 0 aliphatic rings. The van der Waals surface area contributed by atoms with Gasteiger partial charge < -0.3 is 10.6 Å². The van der Waals surface area contributed by atoms with Gasteiger partial charge in [-0.2, -0.15) is 0 Å². The Hall–Kier alpha value is -1.97. The number of halogens is 1. The lowest BCUT2D eigenvalue weighted by Crippen LogP contribution is -2.30. The zero-order chi connectivity index (χ0) is 17.6. The number of amides is 1. The highest BCUT2D eigenvalue weighted by Crippen LogP contribution is 2.30. The van der Waals surface area contributed by atoms with Crippen molar-refractivity contribution < 1.29 is 9.18 Å². The average molecular weight is 395 g/mol. The van der Waals surface area contributed by atoms with Crippen molar-refractivity contribution in [3.63, 3.8) is 0 Å². The molecule has 0 saturated heterocycles. The summed E-state index contributed by atoms with van der Waals surface area (Å²) in [6.07, 6.45) is 0. The molecule has 25 heavy (non-hydrogen) atoms. The fourth-order valence-electron chi connectivity index (χ4n) is 1.93. The van der Waals surface area contributed by atoms with Crippen molar-refractivity contribution >= 4 is 51.2 Å². The molecular weight excluding hydrogens is 379 g/mol. The number of carbonyl (C=O) groups is 1. The van der Waals surface area contributed by atoms with Crippen LogP contribution in [0.2, 0.25) is 0 Å². The Kier molecular flexibility index (Phi) is 6.00. The highest BCUT2D eigenvalue weighted by molar-refractivity contribution is 8.02. The van der Waals surface area contributed by atoms with Crippen molar-refractivity contribution in [3.8, 4) is 0 Å². The number of benzene rings is 1. The van der Waals surface area contributed by atoms with Crippen molar-refractivity contribution in [2.24, 2.45) is 0 Å². The zero-order valence-corrected chi connectivity index (χ0v) is 15.7. The summed E-state index contributed by atoms with van der Waals surface area (Å²) >= 11 is 4.28. The molecule has 0 fully saturated rings. The van der Waals surface area contributed by atoms with Crippen LogP contribution in [0.4, 0.5) is 15.2 Å². The van der Waals surface area contributed by atoms with Crippen LogP contribution >= 0.6 is 34.4 Å². The molecule has 0 bridgehead atoms. The first-order valence-corrected chi connectivity index (χ1v) is 10.0. The standard InChI is InChI=1S/C16H15FN4OS3/c1-10(14(22)18-9-13-6-3-7-23-13)24-16-21-20-15(25-16)19-12-5-2-4-11(17)8-12/h2-8,10H,9H2,1H3,(H,18,22)(H,19,20)/t10-/m0/s1. The lowest BCUT2D eigenvalue weighted by Gasteiger charge is -2.09. The first-order chi connectivity index (χ1) is 12.1. The second-order valence-electron chi connectivity index (χ2n) is 5.07. The van der Waals surface area contributed by atoms with Gasteiger partial charge in [-0.3, -0.25) is 4.79 Å². The Balaban J connectivity index is 1.52. The molecule has 3 aromatic rings. The molecule has 130 valence electrons. The lowest BCUT2D eigenvalue weighted by atomic mass is 10.3. The quantitative estimate of drug-likeness (QED) is 0.586. The molecule has 3 rings (SSSR count). The summed E-state index contributed by atoms with van der Waals surface area (Å²) in [6, 6.07) is 10.1. The molecule has 1 atom stereocenters. The largest absolute Gasteiger partial charge is 0.350 e. The van der Waals surface area contributed by atoms with Gasteiger partial charge in [0.2, 0.25) is 11.0 Å². The second kappa shape index (κ2) is 8.41. The fourth-order valence-corrected chi connectivity index (χ4v) is 4.52. The predicted octanol–water partition coefficient (Wildman–Crippen LogP) is 4.28. The fraction of sp³-hybridized carbons (Fsp3) is 0.188. The number of hydrogen-bond donors (Lipinski definition) is 2. The van der Waals surface area contributed by atoms with Crippen LogP contribution in [0.1, 0.15) is 11.8 Å². The Labute approximate surface area is 156 Å². The minimum Gasteiger partial charge on any atom is -0.350 e. The van der Waals surface area contributed by atoms with Gasteiger partial charge in [0.15, 0.2) is 4.34 Å². The maximum Gasteiger partial charge on any atom is 0.233 e. The molecule has 0 spiro atoms. The van der Waals surface area contributed by atoms with Crippen molar-refractivity contribution in [2.75, 3.05) is 5.32 Å². The monoisotopic (exact) mass is 394 g/mol. The molecule has 9 heteroatoms. The van der Waals surface area contributed by atoms with Crippen LogP contribution < -0.4 is 10.6 Å². The highest BCUT2D eigenvalue weighted by atomic mass is 32.2. The van der Waals surface area contributed by atoms with E-state index in [4.69, 9.17) is 0 Å². The molecule has 2 heterocycles. The maximum atomic E-state index is 13.2. The molecule has 0 aliphatic carbocycles. The number of nitrogens with zero attached hydrogens (tertiary/aromatic N) is 2. The SMILES string of the molecule is C[C@H](Sc1nnc(Nc2cccc(F)c2)s1)C(=O)NCc1cccs1. The van der Waals surface area contributed by atoms with E-state index in [1.807, 2.05) is 24.4 Å². The van der Waals surface area contributed by atoms with Gasteiger partial charge in [-0.05, 0) is 36.6 Å². The van der Waals surface area contributed by atoms with Crippen LogP contribution in [0.15, 0.2) is 46.1 Å². The Morgan fingerprint density at radius 2 is 2.20 bits per heavy atom. The number of carbonyl (C=O) groups excluding carboxylic acids is 1. The van der Waals surface area contributed by atoms with Crippen LogP contribution in [0, 0.1) is 5.82 Å². The molecule has 1 aromatic carbocycles. The molecule has 0 aliphatic heterocycles. The first-order valence-electron chi connectivity index (χ1n) is 7.43. The van der Waals surface area contributed by atoms with Crippen LogP contribution in [0.5, 0.6) is 0 Å². The average Bonchev–Trinajstić information content (AvgIpc) is 3.24. The highest BCUT2D eigenvalue weighted by Gasteiger charge is 2.17. The third kappa shape index (κ3) is 5.25. The summed E-state index contributed by atoms with van der Waals surface area (Å²) in [6.45, 7) is 2.36. The third-order valence-electron chi connectivity index (χ3n) is 3.15. The molecule has 2 aromatic heterocycles. The number of thiophene rings is 1. The van der Waals surface area contributed by atoms with E-state index in [1.165, 1.54) is 35.2 Å². The lowest BCUT2D eigenvalue weighted by molar-refractivity contribution is -0.120. The van der Waals surface area contributed by atoms with Crippen molar-refractivity contribution in [3.05, 3.63) is 52.5 Å².